The van der Waals surface area contributed by atoms with Crippen molar-refractivity contribution in [3.05, 3.63) is 82.5 Å². The van der Waals surface area contributed by atoms with Crippen LogP contribution in [0.5, 0.6) is 11.5 Å². The number of nitrogens with one attached hydrogen (secondary N) is 1. The van der Waals surface area contributed by atoms with Crippen LogP contribution in [0.1, 0.15) is 52.6 Å². The lowest BCUT2D eigenvalue weighted by Gasteiger charge is -2.36. The van der Waals surface area contributed by atoms with Crippen molar-refractivity contribution >= 4 is 28.8 Å². The van der Waals surface area contributed by atoms with Gasteiger partial charge in [0.2, 0.25) is 5.91 Å². The Morgan fingerprint density at radius 1 is 1.05 bits per heavy atom. The van der Waals surface area contributed by atoms with Crippen molar-refractivity contribution in [2.24, 2.45) is 10.9 Å². The summed E-state index contributed by atoms with van der Waals surface area (Å²) in [5, 5.41) is 5.65. The van der Waals surface area contributed by atoms with Gasteiger partial charge < -0.3 is 19.7 Å². The Bertz CT molecular complexity index is 1250. The summed E-state index contributed by atoms with van der Waals surface area (Å²) in [7, 11) is 0. The van der Waals surface area contributed by atoms with Gasteiger partial charge in [0.25, 0.3) is 0 Å². The number of hydrogen-bond acceptors (Lipinski definition) is 7. The molecule has 2 aromatic carbocycles. The Kier molecular flexibility index (Phi) is 8.38. The highest BCUT2D eigenvalue weighted by Gasteiger charge is 2.41. The normalized spacial score (nSPS) is 16.9. The lowest BCUT2D eigenvalue weighted by atomic mass is 9.93. The van der Waals surface area contributed by atoms with Gasteiger partial charge in [-0.05, 0) is 61.9 Å². The summed E-state index contributed by atoms with van der Waals surface area (Å²) in [5.74, 6) is 1.23. The molecule has 0 aromatic heterocycles. The average molecular weight is 520 g/mol. The zero-order chi connectivity index (χ0) is 26.5. The van der Waals surface area contributed by atoms with Crippen LogP contribution in [0.4, 0.5) is 0 Å². The predicted molar refractivity (Wildman–Crippen MR) is 147 cm³/mol. The largest absolute Gasteiger partial charge is 0.459 e. The summed E-state index contributed by atoms with van der Waals surface area (Å²) in [5.41, 5.74) is 2.67. The molecule has 7 nitrogen and oxygen atoms in total. The molecule has 4 rings (SSSR count). The Morgan fingerprint density at radius 2 is 1.78 bits per heavy atom. The second-order valence-corrected chi connectivity index (χ2v) is 10.5. The maximum atomic E-state index is 13.4. The molecule has 1 atom stereocenters. The van der Waals surface area contributed by atoms with E-state index in [-0.39, 0.29) is 18.4 Å². The molecule has 37 heavy (non-hydrogen) atoms. The first-order valence-electron chi connectivity index (χ1n) is 12.5. The van der Waals surface area contributed by atoms with Crippen LogP contribution in [0.2, 0.25) is 0 Å². The molecule has 0 aliphatic carbocycles. The van der Waals surface area contributed by atoms with E-state index < -0.39 is 12.0 Å². The molecule has 1 amide bonds. The van der Waals surface area contributed by atoms with Gasteiger partial charge in [0, 0.05) is 12.2 Å². The van der Waals surface area contributed by atoms with E-state index in [2.05, 4.69) is 19.2 Å². The van der Waals surface area contributed by atoms with Crippen LogP contribution in [-0.2, 0) is 14.3 Å². The fourth-order valence-corrected chi connectivity index (χ4v) is 5.11. The third-order valence-electron chi connectivity index (χ3n) is 5.77. The van der Waals surface area contributed by atoms with Crippen LogP contribution in [-0.4, -0.2) is 34.6 Å². The lowest BCUT2D eigenvalue weighted by Crippen LogP contribution is -2.38. The van der Waals surface area contributed by atoms with Gasteiger partial charge in [-0.2, -0.15) is 0 Å². The molecular weight excluding hydrogens is 486 g/mol. The number of ether oxygens (including phenoxy) is 2. The van der Waals surface area contributed by atoms with Crippen molar-refractivity contribution in [3.63, 3.8) is 0 Å². The molecule has 194 valence electrons. The third kappa shape index (κ3) is 6.43. The van der Waals surface area contributed by atoms with Crippen LogP contribution >= 0.6 is 11.8 Å². The van der Waals surface area contributed by atoms with Gasteiger partial charge in [-0.15, -0.1) is 0 Å². The fraction of sp³-hybridized carbons (Fsp3) is 0.345. The van der Waals surface area contributed by atoms with E-state index in [1.165, 1.54) is 11.8 Å². The number of rotatable bonds is 9. The molecule has 1 N–H and O–H groups in total. The Morgan fingerprint density at radius 3 is 2.49 bits per heavy atom. The van der Waals surface area contributed by atoms with Gasteiger partial charge in [-0.25, -0.2) is 9.79 Å². The molecule has 2 aliphatic heterocycles. The number of amides is 1. The van der Waals surface area contributed by atoms with Crippen LogP contribution in [0, 0.1) is 5.92 Å². The molecule has 0 bridgehead atoms. The van der Waals surface area contributed by atoms with E-state index in [4.69, 9.17) is 14.5 Å². The lowest BCUT2D eigenvalue weighted by molar-refractivity contribution is -0.143. The molecule has 0 radical (unpaired) electrons. The Hall–Kier alpha value is -3.52. The molecule has 8 heteroatoms. The van der Waals surface area contributed by atoms with Crippen LogP contribution in [0.25, 0.3) is 0 Å². The summed E-state index contributed by atoms with van der Waals surface area (Å²) >= 11 is 1.45. The van der Waals surface area contributed by atoms with Gasteiger partial charge in [0.1, 0.15) is 11.5 Å². The molecule has 0 spiro atoms. The highest BCUT2D eigenvalue weighted by Crippen LogP contribution is 2.45. The van der Waals surface area contributed by atoms with E-state index in [1.807, 2.05) is 85.7 Å². The number of para-hydroxylation sites is 1. The van der Waals surface area contributed by atoms with Gasteiger partial charge in [0.05, 0.1) is 29.8 Å². The zero-order valence-corrected chi connectivity index (χ0v) is 22.7. The minimum atomic E-state index is -0.516. The minimum absolute atomic E-state index is 0.0701. The highest BCUT2D eigenvalue weighted by molar-refractivity contribution is 8.16. The molecule has 2 aromatic rings. The number of carbonyl (C=O) groups is 2. The molecule has 2 heterocycles. The number of allylic oxidation sites excluding steroid dienone is 1. The number of benzene rings is 2. The van der Waals surface area contributed by atoms with E-state index in [9.17, 15) is 9.59 Å². The molecule has 0 fully saturated rings. The van der Waals surface area contributed by atoms with Crippen molar-refractivity contribution in [1.82, 2.24) is 10.2 Å². The number of carbonyl (C=O) groups excluding carboxylic acids is 2. The van der Waals surface area contributed by atoms with E-state index >= 15 is 0 Å². The van der Waals surface area contributed by atoms with Crippen molar-refractivity contribution in [2.45, 2.75) is 53.2 Å². The summed E-state index contributed by atoms with van der Waals surface area (Å²) in [6.45, 7) is 10.2. The summed E-state index contributed by atoms with van der Waals surface area (Å²) in [4.78, 5) is 32.8. The number of esters is 1. The highest BCUT2D eigenvalue weighted by atomic mass is 32.2. The molecular formula is C29H33N3O4S. The molecule has 0 saturated carbocycles. The average Bonchev–Trinajstić information content (AvgIpc) is 3.24. The van der Waals surface area contributed by atoms with Gasteiger partial charge >= 0.3 is 5.97 Å². The SMILES string of the molecule is CC1=C(C(=O)OC(C)C)C(c2cccc(Oc3ccccc3)c2)N2C(CC(=O)NCC(C)C)=CSC2=N1. The first-order chi connectivity index (χ1) is 17.7. The molecule has 0 saturated heterocycles. The first-order valence-corrected chi connectivity index (χ1v) is 13.4. The standard InChI is InChI=1S/C29H33N3O4S/c1-18(2)16-30-25(33)15-22-17-37-29-31-20(5)26(28(34)35-19(3)4)27(32(22)29)21-10-9-13-24(14-21)36-23-11-7-6-8-12-23/h6-14,17-19,27H,15-16H2,1-5H3,(H,30,33). The van der Waals surface area contributed by atoms with E-state index in [0.717, 1.165) is 22.2 Å². The number of hydrogen-bond donors (Lipinski definition) is 1. The quantitative estimate of drug-likeness (QED) is 0.399. The second-order valence-electron chi connectivity index (χ2n) is 9.71. The number of fused-ring (bicyclic) bond motifs is 1. The summed E-state index contributed by atoms with van der Waals surface area (Å²) in [6.07, 6.45) is -0.0996. The Balaban J connectivity index is 1.71. The van der Waals surface area contributed by atoms with Crippen LogP contribution in [0.3, 0.4) is 0 Å². The topological polar surface area (TPSA) is 80.2 Å². The molecule has 1 unspecified atom stereocenters. The maximum Gasteiger partial charge on any atom is 0.338 e. The van der Waals surface area contributed by atoms with Gasteiger partial charge in [-0.1, -0.05) is 55.9 Å². The van der Waals surface area contributed by atoms with Gasteiger partial charge in [0.15, 0.2) is 5.17 Å². The maximum absolute atomic E-state index is 13.4. The van der Waals surface area contributed by atoms with E-state index in [0.29, 0.717) is 29.5 Å². The van der Waals surface area contributed by atoms with E-state index in [1.54, 1.807) is 0 Å². The predicted octanol–water partition coefficient (Wildman–Crippen LogP) is 6.17. The van der Waals surface area contributed by atoms with Crippen molar-refractivity contribution < 1.29 is 19.1 Å². The van der Waals surface area contributed by atoms with Crippen molar-refractivity contribution in [1.29, 1.82) is 0 Å². The monoisotopic (exact) mass is 519 g/mol. The van der Waals surface area contributed by atoms with Crippen molar-refractivity contribution in [3.8, 4) is 11.5 Å². The van der Waals surface area contributed by atoms with Crippen LogP contribution < -0.4 is 10.1 Å². The van der Waals surface area contributed by atoms with Crippen molar-refractivity contribution in [2.75, 3.05) is 6.54 Å². The van der Waals surface area contributed by atoms with Gasteiger partial charge in [-0.3, -0.25) is 4.79 Å². The third-order valence-corrected chi connectivity index (χ3v) is 6.65. The summed E-state index contributed by atoms with van der Waals surface area (Å²) < 4.78 is 11.7. The number of nitrogens with zero attached hydrogens (tertiary/aromatic N) is 2. The fourth-order valence-electron chi connectivity index (χ4n) is 4.14. The second kappa shape index (κ2) is 11.7. The number of aliphatic imine (C=N–C) groups is 1. The zero-order valence-electron chi connectivity index (χ0n) is 21.9. The summed E-state index contributed by atoms with van der Waals surface area (Å²) in [6, 6.07) is 16.7. The van der Waals surface area contributed by atoms with Crippen LogP contribution in [0.15, 0.2) is 82.0 Å². The smallest absolute Gasteiger partial charge is 0.338 e. The minimum Gasteiger partial charge on any atom is -0.459 e. The first kappa shape index (κ1) is 26.5. The number of amidine groups is 1. The number of thioether (sulfide) groups is 1. The molecule has 2 aliphatic rings. The Labute approximate surface area is 222 Å².